The number of para-hydroxylation sites is 1. The average Bonchev–Trinajstić information content (AvgIpc) is 3.42. The Kier molecular flexibility index (Phi) is 3.28. The Labute approximate surface area is 152 Å². The van der Waals surface area contributed by atoms with Crippen molar-refractivity contribution < 1.29 is 14.3 Å². The van der Waals surface area contributed by atoms with E-state index in [9.17, 15) is 4.79 Å². The summed E-state index contributed by atoms with van der Waals surface area (Å²) >= 11 is 0. The average molecular weight is 342 g/mol. The van der Waals surface area contributed by atoms with Crippen LogP contribution in [-0.4, -0.2) is 11.4 Å². The van der Waals surface area contributed by atoms with Crippen molar-refractivity contribution in [3.05, 3.63) is 101 Å². The van der Waals surface area contributed by atoms with Gasteiger partial charge in [-0.25, -0.2) is 0 Å². The second kappa shape index (κ2) is 5.55. The molecule has 0 aromatic heterocycles. The third-order valence-corrected chi connectivity index (χ3v) is 5.34. The molecule has 26 heavy (non-hydrogen) atoms. The molecule has 1 spiro atoms. The molecule has 0 saturated carbocycles. The van der Waals surface area contributed by atoms with Gasteiger partial charge in [0.05, 0.1) is 5.56 Å². The van der Waals surface area contributed by atoms with E-state index in [-0.39, 0.29) is 11.9 Å². The minimum atomic E-state index is -0.998. The number of fused-ring (bicyclic) bond motifs is 1. The predicted molar refractivity (Wildman–Crippen MR) is 98.3 cm³/mol. The van der Waals surface area contributed by atoms with Crippen molar-refractivity contribution >= 4 is 5.78 Å². The summed E-state index contributed by atoms with van der Waals surface area (Å²) in [6.07, 6.45) is -0.759. The van der Waals surface area contributed by atoms with Crippen molar-refractivity contribution in [2.45, 2.75) is 24.7 Å². The van der Waals surface area contributed by atoms with Crippen LogP contribution < -0.4 is 4.74 Å². The lowest BCUT2D eigenvalue weighted by atomic mass is 9.80. The predicted octanol–water partition coefficient (Wildman–Crippen LogP) is 4.82. The van der Waals surface area contributed by atoms with Crippen LogP contribution in [0.4, 0.5) is 0 Å². The monoisotopic (exact) mass is 342 g/mol. The van der Waals surface area contributed by atoms with Crippen LogP contribution in [0.15, 0.2) is 78.9 Å². The van der Waals surface area contributed by atoms with Crippen molar-refractivity contribution in [3.8, 4) is 5.75 Å². The molecule has 3 aromatic rings. The third kappa shape index (κ3) is 2.07. The number of hydrogen-bond donors (Lipinski definition) is 0. The summed E-state index contributed by atoms with van der Waals surface area (Å²) in [6, 6.07) is 25.3. The number of Topliss-reactive ketones (excluding diaryl/α,β-unsaturated/α-hetero) is 1. The molecule has 3 atom stereocenters. The Morgan fingerprint density at radius 1 is 0.808 bits per heavy atom. The molecule has 0 aliphatic carbocycles. The molecule has 1 unspecified atom stereocenters. The maximum Gasteiger partial charge on any atom is 0.205 e. The number of rotatable bonds is 2. The summed E-state index contributed by atoms with van der Waals surface area (Å²) in [4.78, 5) is 13.5. The van der Waals surface area contributed by atoms with Crippen LogP contribution in [0.1, 0.15) is 39.3 Å². The summed E-state index contributed by atoms with van der Waals surface area (Å²) in [6.45, 7) is 2.05. The number of ketones is 1. The lowest BCUT2D eigenvalue weighted by Crippen LogP contribution is -2.40. The fraction of sp³-hybridized carbons (Fsp3) is 0.174. The molecule has 3 heteroatoms. The summed E-state index contributed by atoms with van der Waals surface area (Å²) in [5.74, 6) is 0.623. The van der Waals surface area contributed by atoms with Crippen LogP contribution in [-0.2, 0) is 4.74 Å². The largest absolute Gasteiger partial charge is 0.481 e. The highest BCUT2D eigenvalue weighted by Crippen LogP contribution is 2.62. The Bertz CT molecular complexity index is 995. The highest BCUT2D eigenvalue weighted by atomic mass is 16.6. The van der Waals surface area contributed by atoms with E-state index in [0.717, 1.165) is 16.7 Å². The van der Waals surface area contributed by atoms with E-state index >= 15 is 0 Å². The van der Waals surface area contributed by atoms with Crippen LogP contribution in [0.3, 0.4) is 0 Å². The molecule has 5 rings (SSSR count). The molecular formula is C23H18O3. The second-order valence-corrected chi connectivity index (χ2v) is 6.88. The van der Waals surface area contributed by atoms with Gasteiger partial charge in [-0.2, -0.15) is 0 Å². The van der Waals surface area contributed by atoms with E-state index < -0.39 is 11.7 Å². The Morgan fingerprint density at radius 2 is 1.50 bits per heavy atom. The van der Waals surface area contributed by atoms with E-state index in [2.05, 4.69) is 0 Å². The van der Waals surface area contributed by atoms with Crippen LogP contribution in [0.25, 0.3) is 0 Å². The lowest BCUT2D eigenvalue weighted by Gasteiger charge is -2.31. The Hall–Kier alpha value is -2.91. The molecule has 0 N–H and O–H groups in total. The van der Waals surface area contributed by atoms with Gasteiger partial charge in [-0.05, 0) is 35.7 Å². The molecule has 1 fully saturated rings. The molecular weight excluding hydrogens is 324 g/mol. The summed E-state index contributed by atoms with van der Waals surface area (Å²) in [7, 11) is 0. The van der Waals surface area contributed by atoms with Crippen molar-refractivity contribution in [1.29, 1.82) is 0 Å². The first-order chi connectivity index (χ1) is 12.7. The Balaban J connectivity index is 1.67. The number of carbonyl (C=O) groups is 1. The lowest BCUT2D eigenvalue weighted by molar-refractivity contribution is 0.0523. The highest BCUT2D eigenvalue weighted by Gasteiger charge is 2.71. The van der Waals surface area contributed by atoms with Gasteiger partial charge in [-0.3, -0.25) is 4.79 Å². The number of benzene rings is 3. The molecule has 2 aliphatic heterocycles. The first kappa shape index (κ1) is 15.4. The third-order valence-electron chi connectivity index (χ3n) is 5.34. The van der Waals surface area contributed by atoms with E-state index in [4.69, 9.17) is 9.47 Å². The van der Waals surface area contributed by atoms with Crippen LogP contribution in [0.5, 0.6) is 5.75 Å². The van der Waals surface area contributed by atoms with Crippen LogP contribution in [0, 0.1) is 6.92 Å². The van der Waals surface area contributed by atoms with E-state index in [1.807, 2.05) is 85.8 Å². The van der Waals surface area contributed by atoms with Gasteiger partial charge in [-0.15, -0.1) is 0 Å². The van der Waals surface area contributed by atoms with E-state index in [0.29, 0.717) is 11.3 Å². The maximum absolute atomic E-state index is 13.5. The van der Waals surface area contributed by atoms with Gasteiger partial charge >= 0.3 is 0 Å². The molecule has 2 heterocycles. The minimum Gasteiger partial charge on any atom is -0.481 e. The SMILES string of the molecule is Cc1ccccc1C1O[C@@]12C(=O)c1ccccc1O[C@@H]2c1ccccc1. The minimum absolute atomic E-state index is 0.00135. The first-order valence-corrected chi connectivity index (χ1v) is 8.80. The van der Waals surface area contributed by atoms with Crippen molar-refractivity contribution in [1.82, 2.24) is 0 Å². The first-order valence-electron chi connectivity index (χ1n) is 8.80. The van der Waals surface area contributed by atoms with E-state index in [1.165, 1.54) is 0 Å². The van der Waals surface area contributed by atoms with Crippen molar-refractivity contribution in [2.24, 2.45) is 0 Å². The number of carbonyl (C=O) groups excluding carboxylic acids is 1. The zero-order valence-electron chi connectivity index (χ0n) is 14.4. The summed E-state index contributed by atoms with van der Waals surface area (Å²) in [5.41, 5.74) is 2.71. The normalized spacial score (nSPS) is 26.3. The quantitative estimate of drug-likeness (QED) is 0.627. The summed E-state index contributed by atoms with van der Waals surface area (Å²) in [5, 5.41) is 0. The van der Waals surface area contributed by atoms with Crippen LogP contribution >= 0.6 is 0 Å². The van der Waals surface area contributed by atoms with Crippen molar-refractivity contribution in [3.63, 3.8) is 0 Å². The zero-order valence-corrected chi connectivity index (χ0v) is 14.4. The molecule has 0 amide bonds. The molecule has 0 radical (unpaired) electrons. The fourth-order valence-electron chi connectivity index (χ4n) is 3.95. The molecule has 2 aliphatic rings. The standard InChI is InChI=1S/C23H18O3/c1-15-9-5-6-12-17(15)22-23(26-22)20(24)18-13-7-8-14-19(18)25-21(23)16-10-3-2-4-11-16/h2-14,21-22H,1H3/t21-,22?,23-/m1/s1. The van der Waals surface area contributed by atoms with E-state index in [1.54, 1.807) is 0 Å². The second-order valence-electron chi connectivity index (χ2n) is 6.88. The number of hydrogen-bond acceptors (Lipinski definition) is 3. The van der Waals surface area contributed by atoms with Gasteiger partial charge < -0.3 is 9.47 Å². The number of epoxide rings is 1. The zero-order chi connectivity index (χ0) is 17.7. The fourth-order valence-corrected chi connectivity index (χ4v) is 3.95. The highest BCUT2D eigenvalue weighted by molar-refractivity contribution is 6.08. The topological polar surface area (TPSA) is 38.8 Å². The molecule has 3 aromatic carbocycles. The maximum atomic E-state index is 13.5. The smallest absolute Gasteiger partial charge is 0.205 e. The van der Waals surface area contributed by atoms with Gasteiger partial charge in [0.2, 0.25) is 11.4 Å². The molecule has 1 saturated heterocycles. The van der Waals surface area contributed by atoms with Gasteiger partial charge in [0, 0.05) is 0 Å². The number of aryl methyl sites for hydroxylation is 1. The van der Waals surface area contributed by atoms with Gasteiger partial charge in [0.15, 0.2) is 6.10 Å². The van der Waals surface area contributed by atoms with Gasteiger partial charge in [0.25, 0.3) is 0 Å². The van der Waals surface area contributed by atoms with Crippen molar-refractivity contribution in [2.75, 3.05) is 0 Å². The molecule has 128 valence electrons. The number of ether oxygens (including phenoxy) is 2. The van der Waals surface area contributed by atoms with Gasteiger partial charge in [0.1, 0.15) is 11.9 Å². The molecule has 3 nitrogen and oxygen atoms in total. The van der Waals surface area contributed by atoms with Gasteiger partial charge in [-0.1, -0.05) is 66.7 Å². The van der Waals surface area contributed by atoms with Crippen LogP contribution in [0.2, 0.25) is 0 Å². The molecule has 0 bridgehead atoms. The Morgan fingerprint density at radius 3 is 2.31 bits per heavy atom. The summed E-state index contributed by atoms with van der Waals surface area (Å²) < 4.78 is 12.5.